The molecule has 1 rings (SSSR count). The molecule has 0 aromatic heterocycles. The number of ether oxygens (including phenoxy) is 1. The van der Waals surface area contributed by atoms with Crippen molar-refractivity contribution in [2.45, 2.75) is 0 Å². The number of nitrogens with one attached hydrogen (secondary N) is 1. The molecule has 5 heteroatoms. The third-order valence-corrected chi connectivity index (χ3v) is 1.78. The maximum absolute atomic E-state index is 13.1. The monoisotopic (exact) mass is 220 g/mol. The van der Waals surface area contributed by atoms with Crippen molar-refractivity contribution in [2.75, 3.05) is 12.4 Å². The molecule has 0 atom stereocenters. The Morgan fingerprint density at radius 1 is 1.62 bits per heavy atom. The molecule has 0 aliphatic carbocycles. The van der Waals surface area contributed by atoms with Gasteiger partial charge in [0.15, 0.2) is 0 Å². The van der Waals surface area contributed by atoms with Crippen molar-refractivity contribution in [3.63, 3.8) is 0 Å². The van der Waals surface area contributed by atoms with E-state index in [1.165, 1.54) is 31.5 Å². The number of halogens is 1. The molecule has 1 N–H and O–H groups in total. The van der Waals surface area contributed by atoms with Crippen LogP contribution in [0.5, 0.6) is 0 Å². The summed E-state index contributed by atoms with van der Waals surface area (Å²) in [6.45, 7) is 0. The van der Waals surface area contributed by atoms with E-state index in [0.29, 0.717) is 5.69 Å². The van der Waals surface area contributed by atoms with Crippen molar-refractivity contribution >= 4 is 11.7 Å². The number of nitrogens with zero attached hydrogens (tertiary/aromatic N) is 1. The van der Waals surface area contributed by atoms with Crippen molar-refractivity contribution in [3.05, 3.63) is 41.9 Å². The van der Waals surface area contributed by atoms with E-state index in [9.17, 15) is 9.18 Å². The van der Waals surface area contributed by atoms with Crippen molar-refractivity contribution < 1.29 is 13.9 Å². The van der Waals surface area contributed by atoms with Crippen molar-refractivity contribution in [2.24, 2.45) is 0 Å². The van der Waals surface area contributed by atoms with Crippen molar-refractivity contribution in [1.29, 1.82) is 5.26 Å². The molecule has 0 aliphatic heterocycles. The molecule has 0 radical (unpaired) electrons. The Kier molecular flexibility index (Phi) is 4.04. The molecule has 0 saturated carbocycles. The van der Waals surface area contributed by atoms with E-state index in [2.05, 4.69) is 10.1 Å². The Labute approximate surface area is 91.9 Å². The fourth-order valence-electron chi connectivity index (χ4n) is 1.03. The van der Waals surface area contributed by atoms with Gasteiger partial charge in [-0.1, -0.05) is 6.07 Å². The molecule has 0 fully saturated rings. The molecule has 0 aliphatic rings. The second-order valence-corrected chi connectivity index (χ2v) is 2.78. The summed E-state index contributed by atoms with van der Waals surface area (Å²) in [5.41, 5.74) is 0.194. The minimum absolute atomic E-state index is 0.1000. The lowest BCUT2D eigenvalue weighted by molar-refractivity contribution is -0.134. The Bertz CT molecular complexity index is 464. The van der Waals surface area contributed by atoms with Gasteiger partial charge in [0, 0.05) is 12.3 Å². The minimum Gasteiger partial charge on any atom is -0.466 e. The molecule has 0 amide bonds. The Balaban J connectivity index is 2.83. The maximum atomic E-state index is 13.1. The molecule has 0 unspecified atom stereocenters. The second-order valence-electron chi connectivity index (χ2n) is 2.78. The highest BCUT2D eigenvalue weighted by atomic mass is 19.1. The maximum Gasteiger partial charge on any atom is 0.331 e. The quantitative estimate of drug-likeness (QED) is 0.623. The normalized spacial score (nSPS) is 9.81. The number of benzene rings is 1. The lowest BCUT2D eigenvalue weighted by atomic mass is 10.2. The Hall–Kier alpha value is -2.35. The highest BCUT2D eigenvalue weighted by Crippen LogP contribution is 2.17. The van der Waals surface area contributed by atoms with Crippen LogP contribution in [0.1, 0.15) is 5.56 Å². The van der Waals surface area contributed by atoms with Crippen LogP contribution in [0.2, 0.25) is 0 Å². The van der Waals surface area contributed by atoms with Gasteiger partial charge in [0.05, 0.1) is 12.8 Å². The van der Waals surface area contributed by atoms with Crippen LogP contribution in [0.25, 0.3) is 0 Å². The zero-order chi connectivity index (χ0) is 12.0. The largest absolute Gasteiger partial charge is 0.466 e. The zero-order valence-corrected chi connectivity index (χ0v) is 8.53. The molecule has 0 spiro atoms. The van der Waals surface area contributed by atoms with Crippen LogP contribution in [0.4, 0.5) is 10.1 Å². The molecular weight excluding hydrogens is 211 g/mol. The molecule has 0 bridgehead atoms. The fourth-order valence-corrected chi connectivity index (χ4v) is 1.03. The summed E-state index contributed by atoms with van der Waals surface area (Å²) < 4.78 is 17.5. The van der Waals surface area contributed by atoms with Crippen LogP contribution in [-0.4, -0.2) is 13.1 Å². The molecule has 0 heterocycles. The average Bonchev–Trinajstić information content (AvgIpc) is 2.29. The Morgan fingerprint density at radius 3 is 3.00 bits per heavy atom. The average molecular weight is 220 g/mol. The minimum atomic E-state index is -0.612. The van der Waals surface area contributed by atoms with Crippen molar-refractivity contribution in [3.8, 4) is 6.07 Å². The summed E-state index contributed by atoms with van der Waals surface area (Å²) in [7, 11) is 1.25. The number of esters is 1. The lowest BCUT2D eigenvalue weighted by Crippen LogP contribution is -1.98. The van der Waals surface area contributed by atoms with E-state index >= 15 is 0 Å². The first kappa shape index (κ1) is 11.7. The summed E-state index contributed by atoms with van der Waals surface area (Å²) in [6, 6.07) is 5.91. The van der Waals surface area contributed by atoms with Gasteiger partial charge in [-0.05, 0) is 12.1 Å². The molecule has 16 heavy (non-hydrogen) atoms. The van der Waals surface area contributed by atoms with Gasteiger partial charge in [0.1, 0.15) is 17.4 Å². The number of hydrogen-bond donors (Lipinski definition) is 1. The van der Waals surface area contributed by atoms with E-state index in [0.717, 1.165) is 6.08 Å². The number of nitriles is 1. The first-order valence-corrected chi connectivity index (χ1v) is 4.38. The van der Waals surface area contributed by atoms with E-state index in [1.54, 1.807) is 6.07 Å². The molecule has 82 valence electrons. The topological polar surface area (TPSA) is 62.1 Å². The molecule has 0 saturated heterocycles. The van der Waals surface area contributed by atoms with Gasteiger partial charge in [-0.15, -0.1) is 0 Å². The van der Waals surface area contributed by atoms with Gasteiger partial charge in [-0.2, -0.15) is 5.26 Å². The summed E-state index contributed by atoms with van der Waals surface area (Å²) in [5, 5.41) is 11.3. The lowest BCUT2D eigenvalue weighted by Gasteiger charge is -2.03. The van der Waals surface area contributed by atoms with Crippen LogP contribution >= 0.6 is 0 Å². The number of methoxy groups -OCH3 is 1. The van der Waals surface area contributed by atoms with Crippen LogP contribution in [0.3, 0.4) is 0 Å². The highest BCUT2D eigenvalue weighted by Gasteiger charge is 2.05. The predicted octanol–water partition coefficient (Wildman–Crippen LogP) is 1.80. The Morgan fingerprint density at radius 2 is 2.38 bits per heavy atom. The van der Waals surface area contributed by atoms with Crippen molar-refractivity contribution in [1.82, 2.24) is 0 Å². The first-order valence-electron chi connectivity index (χ1n) is 4.38. The molecule has 4 nitrogen and oxygen atoms in total. The summed E-state index contributed by atoms with van der Waals surface area (Å²) in [5.74, 6) is -1.15. The van der Waals surface area contributed by atoms with Gasteiger partial charge < -0.3 is 10.1 Å². The van der Waals surface area contributed by atoms with E-state index in [-0.39, 0.29) is 5.56 Å². The van der Waals surface area contributed by atoms with Gasteiger partial charge in [-0.3, -0.25) is 0 Å². The van der Waals surface area contributed by atoms with E-state index in [1.807, 2.05) is 0 Å². The van der Waals surface area contributed by atoms with Crippen LogP contribution < -0.4 is 5.32 Å². The van der Waals surface area contributed by atoms with Gasteiger partial charge in [0.2, 0.25) is 0 Å². The SMILES string of the molecule is COC(=O)/C=C/Nc1cccc(F)c1C#N. The molecule has 1 aromatic carbocycles. The molecular formula is C11H9FN2O2. The second kappa shape index (κ2) is 5.51. The molecule has 1 aromatic rings. The van der Waals surface area contributed by atoms with Crippen LogP contribution in [0.15, 0.2) is 30.5 Å². The van der Waals surface area contributed by atoms with Gasteiger partial charge in [0.25, 0.3) is 0 Å². The van der Waals surface area contributed by atoms with Crippen LogP contribution in [0, 0.1) is 17.1 Å². The van der Waals surface area contributed by atoms with Gasteiger partial charge in [-0.25, -0.2) is 9.18 Å². The highest BCUT2D eigenvalue weighted by molar-refractivity contribution is 5.82. The number of rotatable bonds is 3. The summed E-state index contributed by atoms with van der Waals surface area (Å²) in [4.78, 5) is 10.7. The number of carbonyl (C=O) groups excluding carboxylic acids is 1. The predicted molar refractivity (Wildman–Crippen MR) is 55.9 cm³/mol. The zero-order valence-electron chi connectivity index (χ0n) is 8.53. The third kappa shape index (κ3) is 2.82. The smallest absolute Gasteiger partial charge is 0.331 e. The fraction of sp³-hybridized carbons (Fsp3) is 0.0909. The van der Waals surface area contributed by atoms with Crippen LogP contribution in [-0.2, 0) is 9.53 Å². The van der Waals surface area contributed by atoms with E-state index in [4.69, 9.17) is 5.26 Å². The summed E-state index contributed by atoms with van der Waals surface area (Å²) in [6.07, 6.45) is 2.41. The number of carbonyl (C=O) groups is 1. The third-order valence-electron chi connectivity index (χ3n) is 1.78. The van der Waals surface area contributed by atoms with E-state index < -0.39 is 11.8 Å². The van der Waals surface area contributed by atoms with Gasteiger partial charge >= 0.3 is 5.97 Å². The first-order chi connectivity index (χ1) is 7.69. The number of hydrogen-bond acceptors (Lipinski definition) is 4. The standard InChI is InChI=1S/C11H9FN2O2/c1-16-11(15)5-6-14-10-4-2-3-9(12)8(10)7-13/h2-6,14H,1H3/b6-5+. The number of anilines is 1. The summed E-state index contributed by atoms with van der Waals surface area (Å²) >= 11 is 0.